The lowest BCUT2D eigenvalue weighted by Gasteiger charge is -2.28. The summed E-state index contributed by atoms with van der Waals surface area (Å²) >= 11 is 1.97. The highest BCUT2D eigenvalue weighted by Crippen LogP contribution is 2.28. The van der Waals surface area contributed by atoms with Crippen molar-refractivity contribution in [1.82, 2.24) is 15.2 Å². The smallest absolute Gasteiger partial charge is 0.161 e. The van der Waals surface area contributed by atoms with Crippen LogP contribution in [-0.2, 0) is 13.1 Å². The highest BCUT2D eigenvalue weighted by molar-refractivity contribution is 7.99. The lowest BCUT2D eigenvalue weighted by atomic mass is 10.2. The van der Waals surface area contributed by atoms with Gasteiger partial charge in [0.1, 0.15) is 12.7 Å². The molecule has 29 heavy (non-hydrogen) atoms. The average Bonchev–Trinajstić information content (AvgIpc) is 2.73. The Morgan fingerprint density at radius 1 is 1.17 bits per heavy atom. The molecule has 2 N–H and O–H groups in total. The number of hydrogen-bond donors (Lipinski definition) is 2. The lowest BCUT2D eigenvalue weighted by Crippen LogP contribution is -2.40. The van der Waals surface area contributed by atoms with Crippen molar-refractivity contribution in [2.75, 3.05) is 44.9 Å². The highest BCUT2D eigenvalue weighted by atomic mass is 32.2. The molecule has 1 atom stereocenters. The van der Waals surface area contributed by atoms with E-state index in [9.17, 15) is 5.11 Å². The van der Waals surface area contributed by atoms with Crippen LogP contribution in [0, 0.1) is 6.92 Å². The molecule has 0 spiro atoms. The first-order chi connectivity index (χ1) is 14.1. The maximum atomic E-state index is 10.3. The van der Waals surface area contributed by atoms with Gasteiger partial charge in [-0.3, -0.25) is 9.88 Å². The molecule has 0 amide bonds. The molecule has 0 aliphatic carbocycles. The maximum Gasteiger partial charge on any atom is 0.161 e. The van der Waals surface area contributed by atoms with Gasteiger partial charge in [-0.15, -0.1) is 0 Å². The minimum absolute atomic E-state index is 0.261. The summed E-state index contributed by atoms with van der Waals surface area (Å²) in [7, 11) is 1.64. The second-order valence-corrected chi connectivity index (χ2v) is 8.46. The van der Waals surface area contributed by atoms with Gasteiger partial charge in [-0.1, -0.05) is 12.1 Å². The van der Waals surface area contributed by atoms with Crippen LogP contribution < -0.4 is 14.8 Å². The van der Waals surface area contributed by atoms with E-state index >= 15 is 0 Å². The number of aromatic nitrogens is 1. The molecule has 1 aromatic heterocycles. The predicted molar refractivity (Wildman–Crippen MR) is 118 cm³/mol. The topological polar surface area (TPSA) is 66.8 Å². The van der Waals surface area contributed by atoms with Crippen LogP contribution in [0.15, 0.2) is 36.4 Å². The van der Waals surface area contributed by atoms with Gasteiger partial charge >= 0.3 is 0 Å². The number of aliphatic hydroxyl groups is 1. The molecule has 1 fully saturated rings. The van der Waals surface area contributed by atoms with Gasteiger partial charge < -0.3 is 19.9 Å². The zero-order chi connectivity index (χ0) is 20.5. The minimum Gasteiger partial charge on any atom is -0.493 e. The molecule has 0 bridgehead atoms. The summed E-state index contributed by atoms with van der Waals surface area (Å²) < 4.78 is 11.3. The second kappa shape index (κ2) is 11.4. The largest absolute Gasteiger partial charge is 0.493 e. The molecule has 2 aromatic rings. The predicted octanol–water partition coefficient (Wildman–Crippen LogP) is 2.48. The van der Waals surface area contributed by atoms with Gasteiger partial charge in [0.15, 0.2) is 11.5 Å². The van der Waals surface area contributed by atoms with Gasteiger partial charge in [0, 0.05) is 49.9 Å². The number of hydrogen-bond acceptors (Lipinski definition) is 7. The Balaban J connectivity index is 1.47. The van der Waals surface area contributed by atoms with Gasteiger partial charge in [0.2, 0.25) is 0 Å². The Bertz CT molecular complexity index is 769. The molecule has 3 rings (SSSR count). The molecule has 1 unspecified atom stereocenters. The number of nitrogens with zero attached hydrogens (tertiary/aromatic N) is 2. The molecule has 1 saturated heterocycles. The number of aliphatic hydroxyl groups excluding tert-OH is 1. The van der Waals surface area contributed by atoms with Crippen LogP contribution in [0.3, 0.4) is 0 Å². The van der Waals surface area contributed by atoms with Crippen LogP contribution in [0.25, 0.3) is 0 Å². The third kappa shape index (κ3) is 7.19. The zero-order valence-corrected chi connectivity index (χ0v) is 18.1. The van der Waals surface area contributed by atoms with Crippen LogP contribution in [0.2, 0.25) is 0 Å². The van der Waals surface area contributed by atoms with Crippen molar-refractivity contribution >= 4 is 11.8 Å². The van der Waals surface area contributed by atoms with Gasteiger partial charge in [-0.25, -0.2) is 0 Å². The maximum absolute atomic E-state index is 10.3. The third-order valence-corrected chi connectivity index (χ3v) is 5.76. The molecule has 2 heterocycles. The van der Waals surface area contributed by atoms with E-state index in [2.05, 4.69) is 15.2 Å². The number of β-amino-alcohol motifs (C(OH)–C–C–N with tert-alkyl or cyclic N) is 1. The molecule has 158 valence electrons. The van der Waals surface area contributed by atoms with E-state index in [0.29, 0.717) is 31.1 Å². The Hall–Kier alpha value is -1.80. The second-order valence-electron chi connectivity index (χ2n) is 7.24. The van der Waals surface area contributed by atoms with Gasteiger partial charge in [-0.05, 0) is 36.8 Å². The summed E-state index contributed by atoms with van der Waals surface area (Å²) in [4.78, 5) is 6.79. The normalized spacial score (nSPS) is 15.8. The average molecular weight is 418 g/mol. The van der Waals surface area contributed by atoms with E-state index in [4.69, 9.17) is 9.47 Å². The fourth-order valence-electron chi connectivity index (χ4n) is 3.29. The van der Waals surface area contributed by atoms with Crippen molar-refractivity contribution in [2.24, 2.45) is 0 Å². The number of pyridine rings is 1. The van der Waals surface area contributed by atoms with Crippen molar-refractivity contribution in [3.63, 3.8) is 0 Å². The van der Waals surface area contributed by atoms with E-state index in [1.54, 1.807) is 7.11 Å². The van der Waals surface area contributed by atoms with Crippen LogP contribution >= 0.6 is 11.8 Å². The number of rotatable bonds is 10. The number of benzene rings is 1. The molecule has 1 aromatic carbocycles. The Kier molecular flexibility index (Phi) is 8.61. The number of thioether (sulfide) groups is 1. The van der Waals surface area contributed by atoms with E-state index < -0.39 is 6.10 Å². The summed E-state index contributed by atoms with van der Waals surface area (Å²) in [6.45, 7) is 6.39. The lowest BCUT2D eigenvalue weighted by molar-refractivity contribution is 0.0705. The number of aryl methyl sites for hydroxylation is 1. The molecular weight excluding hydrogens is 386 g/mol. The molecular formula is C22H31N3O3S. The van der Waals surface area contributed by atoms with Crippen molar-refractivity contribution in [1.29, 1.82) is 0 Å². The summed E-state index contributed by atoms with van der Waals surface area (Å²) in [5.74, 6) is 3.61. The molecule has 0 saturated carbocycles. The van der Waals surface area contributed by atoms with Crippen molar-refractivity contribution in [2.45, 2.75) is 26.1 Å². The highest BCUT2D eigenvalue weighted by Gasteiger charge is 2.16. The fourth-order valence-corrected chi connectivity index (χ4v) is 4.27. The third-order valence-electron chi connectivity index (χ3n) is 4.81. The zero-order valence-electron chi connectivity index (χ0n) is 17.3. The number of ether oxygens (including phenoxy) is 2. The van der Waals surface area contributed by atoms with E-state index in [1.807, 2.05) is 55.1 Å². The minimum atomic E-state index is -0.508. The van der Waals surface area contributed by atoms with Gasteiger partial charge in [0.05, 0.1) is 12.8 Å². The summed E-state index contributed by atoms with van der Waals surface area (Å²) in [5, 5.41) is 13.7. The van der Waals surface area contributed by atoms with Crippen molar-refractivity contribution < 1.29 is 14.6 Å². The first-order valence-corrected chi connectivity index (χ1v) is 11.2. The van der Waals surface area contributed by atoms with E-state index in [-0.39, 0.29) is 6.61 Å². The molecule has 0 radical (unpaired) electrons. The standard InChI is InChI=1S/C22H31N3O3S/c1-17-4-3-5-19(24-17)14-23-13-18-6-7-21(22(12-18)27-2)28-16-20(26)15-25-8-10-29-11-9-25/h3-7,12,20,23,26H,8-11,13-16H2,1-2H3. The molecule has 1 aliphatic rings. The quantitative estimate of drug-likeness (QED) is 0.616. The number of methoxy groups -OCH3 is 1. The fraction of sp³-hybridized carbons (Fsp3) is 0.500. The first kappa shape index (κ1) is 21.9. The molecule has 1 aliphatic heterocycles. The van der Waals surface area contributed by atoms with Gasteiger partial charge in [0.25, 0.3) is 0 Å². The Labute approximate surface area is 177 Å². The Morgan fingerprint density at radius 2 is 2.00 bits per heavy atom. The number of nitrogens with one attached hydrogen (secondary N) is 1. The van der Waals surface area contributed by atoms with E-state index in [1.165, 1.54) is 0 Å². The summed E-state index contributed by atoms with van der Waals surface area (Å²) in [6, 6.07) is 11.9. The van der Waals surface area contributed by atoms with Crippen LogP contribution in [0.4, 0.5) is 0 Å². The monoisotopic (exact) mass is 417 g/mol. The Morgan fingerprint density at radius 3 is 2.76 bits per heavy atom. The van der Waals surface area contributed by atoms with Crippen molar-refractivity contribution in [3.8, 4) is 11.5 Å². The van der Waals surface area contributed by atoms with E-state index in [0.717, 1.165) is 41.5 Å². The summed E-state index contributed by atoms with van der Waals surface area (Å²) in [5.41, 5.74) is 3.15. The summed E-state index contributed by atoms with van der Waals surface area (Å²) in [6.07, 6.45) is -0.508. The molecule has 6 nitrogen and oxygen atoms in total. The SMILES string of the molecule is COc1cc(CNCc2cccc(C)n2)ccc1OCC(O)CN1CCSCC1. The van der Waals surface area contributed by atoms with Crippen LogP contribution in [0.1, 0.15) is 17.0 Å². The first-order valence-electron chi connectivity index (χ1n) is 10.0. The van der Waals surface area contributed by atoms with Gasteiger partial charge in [-0.2, -0.15) is 11.8 Å². The van der Waals surface area contributed by atoms with Crippen LogP contribution in [-0.4, -0.2) is 66.0 Å². The van der Waals surface area contributed by atoms with Crippen molar-refractivity contribution in [3.05, 3.63) is 53.3 Å². The van der Waals surface area contributed by atoms with Crippen LogP contribution in [0.5, 0.6) is 11.5 Å². The molecule has 7 heteroatoms.